The van der Waals surface area contributed by atoms with Crippen molar-refractivity contribution in [2.45, 2.75) is 24.3 Å². The molecule has 0 aliphatic carbocycles. The lowest BCUT2D eigenvalue weighted by molar-refractivity contribution is 0.263. The van der Waals surface area contributed by atoms with Crippen molar-refractivity contribution >= 4 is 22.4 Å². The SMILES string of the molecule is CNCC1CCCN(S(=O)(=O)c2ccc(CN(C)C)cc2)C1.Cl. The molecule has 2 rings (SSSR count). The molecular weight excluding hydrogens is 334 g/mol. The van der Waals surface area contributed by atoms with Gasteiger partial charge in [-0.2, -0.15) is 4.31 Å². The molecule has 1 heterocycles. The number of benzene rings is 1. The molecule has 5 nitrogen and oxygen atoms in total. The van der Waals surface area contributed by atoms with Gasteiger partial charge in [0, 0.05) is 19.6 Å². The highest BCUT2D eigenvalue weighted by atomic mass is 35.5. The van der Waals surface area contributed by atoms with Crippen LogP contribution in [0, 0.1) is 5.92 Å². The second-order valence-corrected chi connectivity index (χ2v) is 8.25. The van der Waals surface area contributed by atoms with Crippen LogP contribution in [-0.2, 0) is 16.6 Å². The van der Waals surface area contributed by atoms with Crippen LogP contribution < -0.4 is 5.32 Å². The number of rotatable bonds is 6. The first-order chi connectivity index (χ1) is 10.4. The molecule has 1 fully saturated rings. The fourth-order valence-corrected chi connectivity index (χ4v) is 4.54. The van der Waals surface area contributed by atoms with E-state index in [9.17, 15) is 8.42 Å². The van der Waals surface area contributed by atoms with Gasteiger partial charge < -0.3 is 10.2 Å². The molecule has 1 atom stereocenters. The summed E-state index contributed by atoms with van der Waals surface area (Å²) >= 11 is 0. The third kappa shape index (κ3) is 5.43. The van der Waals surface area contributed by atoms with E-state index in [1.807, 2.05) is 33.3 Å². The van der Waals surface area contributed by atoms with Gasteiger partial charge in [0.2, 0.25) is 10.0 Å². The first-order valence-corrected chi connectivity index (χ1v) is 9.26. The highest BCUT2D eigenvalue weighted by Crippen LogP contribution is 2.23. The quantitative estimate of drug-likeness (QED) is 0.839. The van der Waals surface area contributed by atoms with Gasteiger partial charge >= 0.3 is 0 Å². The lowest BCUT2D eigenvalue weighted by atomic mass is 10.00. The highest BCUT2D eigenvalue weighted by Gasteiger charge is 2.29. The maximum absolute atomic E-state index is 12.8. The summed E-state index contributed by atoms with van der Waals surface area (Å²) in [6.07, 6.45) is 2.03. The molecule has 0 radical (unpaired) electrons. The minimum absolute atomic E-state index is 0. The summed E-state index contributed by atoms with van der Waals surface area (Å²) in [6.45, 7) is 2.92. The zero-order chi connectivity index (χ0) is 16.2. The van der Waals surface area contributed by atoms with E-state index >= 15 is 0 Å². The zero-order valence-electron chi connectivity index (χ0n) is 14.2. The summed E-state index contributed by atoms with van der Waals surface area (Å²) in [6, 6.07) is 7.27. The van der Waals surface area contributed by atoms with E-state index in [2.05, 4.69) is 10.2 Å². The van der Waals surface area contributed by atoms with E-state index in [4.69, 9.17) is 0 Å². The number of sulfonamides is 1. The number of hydrogen-bond acceptors (Lipinski definition) is 4. The third-order valence-corrected chi connectivity index (χ3v) is 5.91. The van der Waals surface area contributed by atoms with Crippen LogP contribution in [0.15, 0.2) is 29.2 Å². The summed E-state index contributed by atoms with van der Waals surface area (Å²) in [7, 11) is 2.55. The van der Waals surface area contributed by atoms with Gasteiger partial charge in [0.15, 0.2) is 0 Å². The molecule has 0 spiro atoms. The molecule has 7 heteroatoms. The van der Waals surface area contributed by atoms with Crippen molar-refractivity contribution in [3.8, 4) is 0 Å². The molecule has 0 amide bonds. The molecule has 0 bridgehead atoms. The van der Waals surface area contributed by atoms with Crippen LogP contribution in [0.5, 0.6) is 0 Å². The van der Waals surface area contributed by atoms with Crippen molar-refractivity contribution < 1.29 is 8.42 Å². The van der Waals surface area contributed by atoms with Gasteiger partial charge in [-0.1, -0.05) is 12.1 Å². The van der Waals surface area contributed by atoms with E-state index < -0.39 is 10.0 Å². The maximum atomic E-state index is 12.8. The normalized spacial score (nSPS) is 19.6. The van der Waals surface area contributed by atoms with E-state index in [-0.39, 0.29) is 12.4 Å². The van der Waals surface area contributed by atoms with Gasteiger partial charge in [-0.05, 0) is 64.1 Å². The summed E-state index contributed by atoms with van der Waals surface area (Å²) < 4.78 is 27.2. The number of hydrogen-bond donors (Lipinski definition) is 1. The Morgan fingerprint density at radius 2 is 1.91 bits per heavy atom. The number of nitrogens with one attached hydrogen (secondary N) is 1. The van der Waals surface area contributed by atoms with Gasteiger partial charge in [-0.15, -0.1) is 12.4 Å². The van der Waals surface area contributed by atoms with Crippen LogP contribution in [0.25, 0.3) is 0 Å². The van der Waals surface area contributed by atoms with Crippen LogP contribution >= 0.6 is 12.4 Å². The summed E-state index contributed by atoms with van der Waals surface area (Å²) in [5, 5.41) is 3.15. The third-order valence-electron chi connectivity index (χ3n) is 4.03. The first kappa shape index (κ1) is 20.4. The number of piperidine rings is 1. The Hall–Kier alpha value is -0.660. The Balaban J connectivity index is 0.00000264. The number of halogens is 1. The smallest absolute Gasteiger partial charge is 0.243 e. The predicted octanol–water partition coefficient (Wildman–Crippen LogP) is 1.79. The molecule has 1 saturated heterocycles. The molecule has 0 saturated carbocycles. The Morgan fingerprint density at radius 3 is 2.48 bits per heavy atom. The van der Waals surface area contributed by atoms with Crippen molar-refractivity contribution in [1.82, 2.24) is 14.5 Å². The summed E-state index contributed by atoms with van der Waals surface area (Å²) in [5.41, 5.74) is 1.12. The van der Waals surface area contributed by atoms with Crippen LogP contribution in [-0.4, -0.2) is 58.4 Å². The van der Waals surface area contributed by atoms with Crippen LogP contribution in [0.2, 0.25) is 0 Å². The molecule has 1 unspecified atom stereocenters. The average Bonchev–Trinajstić information content (AvgIpc) is 2.48. The van der Waals surface area contributed by atoms with Crippen LogP contribution in [0.1, 0.15) is 18.4 Å². The van der Waals surface area contributed by atoms with Gasteiger partial charge in [0.1, 0.15) is 0 Å². The van der Waals surface area contributed by atoms with Gasteiger partial charge in [0.05, 0.1) is 4.90 Å². The molecule has 132 valence electrons. The predicted molar refractivity (Wildman–Crippen MR) is 96.5 cm³/mol. The van der Waals surface area contributed by atoms with Crippen molar-refractivity contribution in [3.63, 3.8) is 0 Å². The maximum Gasteiger partial charge on any atom is 0.243 e. The second-order valence-electron chi connectivity index (χ2n) is 6.31. The minimum atomic E-state index is -3.37. The van der Waals surface area contributed by atoms with Crippen molar-refractivity contribution in [2.24, 2.45) is 5.92 Å². The van der Waals surface area contributed by atoms with Gasteiger partial charge in [0.25, 0.3) is 0 Å². The van der Waals surface area contributed by atoms with Crippen molar-refractivity contribution in [2.75, 3.05) is 40.8 Å². The molecule has 23 heavy (non-hydrogen) atoms. The molecule has 1 aromatic rings. The lowest BCUT2D eigenvalue weighted by Gasteiger charge is -2.31. The molecule has 1 aliphatic heterocycles. The highest BCUT2D eigenvalue weighted by molar-refractivity contribution is 7.89. The van der Waals surface area contributed by atoms with Gasteiger partial charge in [-0.3, -0.25) is 0 Å². The van der Waals surface area contributed by atoms with Crippen molar-refractivity contribution in [3.05, 3.63) is 29.8 Å². The topological polar surface area (TPSA) is 52.7 Å². The molecule has 0 aromatic heterocycles. The fraction of sp³-hybridized carbons (Fsp3) is 0.625. The largest absolute Gasteiger partial charge is 0.319 e. The first-order valence-electron chi connectivity index (χ1n) is 7.82. The summed E-state index contributed by atoms with van der Waals surface area (Å²) in [5.74, 6) is 0.404. The second kappa shape index (κ2) is 8.99. The minimum Gasteiger partial charge on any atom is -0.319 e. The van der Waals surface area contributed by atoms with E-state index in [1.165, 1.54) is 0 Å². The van der Waals surface area contributed by atoms with Crippen molar-refractivity contribution in [1.29, 1.82) is 0 Å². The Morgan fingerprint density at radius 1 is 1.26 bits per heavy atom. The molecular formula is C16H28ClN3O2S. The number of nitrogens with zero attached hydrogens (tertiary/aromatic N) is 2. The molecule has 1 aromatic carbocycles. The molecule has 1 N–H and O–H groups in total. The van der Waals surface area contributed by atoms with E-state index in [0.717, 1.165) is 31.5 Å². The molecule has 1 aliphatic rings. The lowest BCUT2D eigenvalue weighted by Crippen LogP contribution is -2.42. The van der Waals surface area contributed by atoms with E-state index in [1.54, 1.807) is 16.4 Å². The summed E-state index contributed by atoms with van der Waals surface area (Å²) in [4.78, 5) is 2.47. The Labute approximate surface area is 146 Å². The standard InChI is InChI=1S/C16H27N3O2S.ClH/c1-17-11-15-5-4-10-19(13-15)22(20,21)16-8-6-14(7-9-16)12-18(2)3;/h6-9,15,17H,4-5,10-13H2,1-3H3;1H. The van der Waals surface area contributed by atoms with E-state index in [0.29, 0.717) is 23.9 Å². The van der Waals surface area contributed by atoms with Gasteiger partial charge in [-0.25, -0.2) is 8.42 Å². The monoisotopic (exact) mass is 361 g/mol. The average molecular weight is 362 g/mol. The fourth-order valence-electron chi connectivity index (χ4n) is 2.98. The van der Waals surface area contributed by atoms with Crippen LogP contribution in [0.3, 0.4) is 0 Å². The Kier molecular flexibility index (Phi) is 7.97. The zero-order valence-corrected chi connectivity index (χ0v) is 15.8. The van der Waals surface area contributed by atoms with Crippen LogP contribution in [0.4, 0.5) is 0 Å². The Bertz CT molecular complexity index is 573.